The van der Waals surface area contributed by atoms with E-state index in [0.717, 1.165) is 0 Å². The lowest BCUT2D eigenvalue weighted by Crippen LogP contribution is -2.43. The molecule has 6 nitrogen and oxygen atoms in total. The number of hydrogen-bond donors (Lipinski definition) is 2. The molecule has 0 aromatic carbocycles. The number of aromatic nitrogens is 1. The van der Waals surface area contributed by atoms with E-state index in [1.807, 2.05) is 6.26 Å². The Kier molecular flexibility index (Phi) is 6.48. The number of nitrogens with zero attached hydrogens (tertiary/aromatic N) is 1. The number of aliphatic carboxylic acids is 1. The Hall–Kier alpha value is -1.76. The van der Waals surface area contributed by atoms with Crippen molar-refractivity contribution in [2.24, 2.45) is 0 Å². The van der Waals surface area contributed by atoms with E-state index < -0.39 is 12.0 Å². The van der Waals surface area contributed by atoms with Crippen LogP contribution < -0.4 is 10.7 Å². The first kappa shape index (κ1) is 17.3. The fraction of sp³-hybridized carbons (Fsp3) is 0.500. The van der Waals surface area contributed by atoms with E-state index in [0.29, 0.717) is 23.6 Å². The number of aryl methyl sites for hydroxylation is 2. The summed E-state index contributed by atoms with van der Waals surface area (Å²) in [6.45, 7) is 3.48. The van der Waals surface area contributed by atoms with Gasteiger partial charge in [0.2, 0.25) is 5.91 Å². The maximum atomic E-state index is 12.0. The molecule has 0 radical (unpaired) electrons. The molecule has 0 spiro atoms. The van der Waals surface area contributed by atoms with E-state index in [1.165, 1.54) is 23.9 Å². The van der Waals surface area contributed by atoms with E-state index in [4.69, 9.17) is 5.11 Å². The molecule has 0 aliphatic rings. The predicted octanol–water partition coefficient (Wildman–Crippen LogP) is 0.788. The Morgan fingerprint density at radius 1 is 1.33 bits per heavy atom. The minimum atomic E-state index is -1.04. The summed E-state index contributed by atoms with van der Waals surface area (Å²) in [5, 5.41) is 11.6. The summed E-state index contributed by atoms with van der Waals surface area (Å²) < 4.78 is 1.68. The highest BCUT2D eigenvalue weighted by Crippen LogP contribution is 2.04. The molecule has 1 rings (SSSR count). The van der Waals surface area contributed by atoms with Crippen LogP contribution in [0.5, 0.6) is 0 Å². The Balaban J connectivity index is 2.77. The summed E-state index contributed by atoms with van der Waals surface area (Å²) in [5.74, 6) is -0.753. The molecule has 1 unspecified atom stereocenters. The third-order valence-corrected chi connectivity index (χ3v) is 3.74. The Morgan fingerprint density at radius 3 is 2.38 bits per heavy atom. The zero-order valence-electron chi connectivity index (χ0n) is 12.4. The second-order valence-corrected chi connectivity index (χ2v) is 5.79. The molecule has 7 heteroatoms. The fourth-order valence-electron chi connectivity index (χ4n) is 2.01. The summed E-state index contributed by atoms with van der Waals surface area (Å²) in [4.78, 5) is 34.4. The van der Waals surface area contributed by atoms with Gasteiger partial charge in [-0.15, -0.1) is 0 Å². The van der Waals surface area contributed by atoms with Gasteiger partial charge in [-0.3, -0.25) is 9.59 Å². The van der Waals surface area contributed by atoms with Crippen LogP contribution in [0.1, 0.15) is 17.8 Å². The maximum Gasteiger partial charge on any atom is 0.326 e. The summed E-state index contributed by atoms with van der Waals surface area (Å²) in [6.07, 6.45) is 2.26. The van der Waals surface area contributed by atoms with Crippen molar-refractivity contribution in [3.8, 4) is 0 Å². The van der Waals surface area contributed by atoms with Crippen LogP contribution in [0, 0.1) is 13.8 Å². The van der Waals surface area contributed by atoms with Gasteiger partial charge < -0.3 is 15.0 Å². The van der Waals surface area contributed by atoms with Gasteiger partial charge >= 0.3 is 5.97 Å². The first-order chi connectivity index (χ1) is 9.85. The van der Waals surface area contributed by atoms with E-state index in [-0.39, 0.29) is 17.9 Å². The molecule has 1 aromatic heterocycles. The molecule has 0 saturated heterocycles. The monoisotopic (exact) mass is 312 g/mol. The standard InChI is InChI=1S/C14H20N2O4S/c1-9-6-11(17)7-10(2)16(9)8-13(18)15-12(14(19)20)4-5-21-3/h6-7,12H,4-5,8H2,1-3H3,(H,15,18)(H,19,20). The summed E-state index contributed by atoms with van der Waals surface area (Å²) in [7, 11) is 0. The predicted molar refractivity (Wildman–Crippen MR) is 82.7 cm³/mol. The normalized spacial score (nSPS) is 12.0. The lowest BCUT2D eigenvalue weighted by atomic mass is 10.2. The summed E-state index contributed by atoms with van der Waals surface area (Å²) >= 11 is 1.53. The molecule has 2 N–H and O–H groups in total. The van der Waals surface area contributed by atoms with Crippen LogP contribution >= 0.6 is 11.8 Å². The molecule has 1 amide bonds. The molecular weight excluding hydrogens is 292 g/mol. The van der Waals surface area contributed by atoms with E-state index >= 15 is 0 Å². The lowest BCUT2D eigenvalue weighted by Gasteiger charge is -2.17. The van der Waals surface area contributed by atoms with Gasteiger partial charge in [-0.2, -0.15) is 11.8 Å². The molecule has 1 atom stereocenters. The highest BCUT2D eigenvalue weighted by atomic mass is 32.2. The van der Waals surface area contributed by atoms with Crippen LogP contribution in [0.15, 0.2) is 16.9 Å². The molecule has 0 saturated carbocycles. The van der Waals surface area contributed by atoms with Crippen LogP contribution in [0.25, 0.3) is 0 Å². The Labute approximate surface area is 127 Å². The molecule has 0 fully saturated rings. The van der Waals surface area contributed by atoms with Crippen LogP contribution in [-0.4, -0.2) is 39.6 Å². The van der Waals surface area contributed by atoms with Crippen molar-refractivity contribution in [1.82, 2.24) is 9.88 Å². The Morgan fingerprint density at radius 2 is 1.90 bits per heavy atom. The average Bonchev–Trinajstić information content (AvgIpc) is 2.38. The number of amides is 1. The van der Waals surface area contributed by atoms with Crippen molar-refractivity contribution in [2.45, 2.75) is 32.9 Å². The number of carbonyl (C=O) groups excluding carboxylic acids is 1. The number of hydrogen-bond acceptors (Lipinski definition) is 4. The van der Waals surface area contributed by atoms with Crippen molar-refractivity contribution in [2.75, 3.05) is 12.0 Å². The highest BCUT2D eigenvalue weighted by molar-refractivity contribution is 7.98. The average molecular weight is 312 g/mol. The highest BCUT2D eigenvalue weighted by Gasteiger charge is 2.19. The third-order valence-electron chi connectivity index (χ3n) is 3.10. The number of carboxylic acid groups (broad SMARTS) is 1. The molecule has 0 bridgehead atoms. The second kappa shape index (κ2) is 7.87. The zero-order valence-corrected chi connectivity index (χ0v) is 13.2. The minimum absolute atomic E-state index is 0.000987. The minimum Gasteiger partial charge on any atom is -0.480 e. The zero-order chi connectivity index (χ0) is 16.0. The number of carbonyl (C=O) groups is 2. The van der Waals surface area contributed by atoms with Crippen LogP contribution in [0.3, 0.4) is 0 Å². The first-order valence-corrected chi connectivity index (χ1v) is 7.93. The van der Waals surface area contributed by atoms with Crippen LogP contribution in [0.2, 0.25) is 0 Å². The van der Waals surface area contributed by atoms with Crippen LogP contribution in [0.4, 0.5) is 0 Å². The van der Waals surface area contributed by atoms with Crippen molar-refractivity contribution < 1.29 is 14.7 Å². The van der Waals surface area contributed by atoms with Crippen molar-refractivity contribution >= 4 is 23.6 Å². The number of thioether (sulfide) groups is 1. The third kappa shape index (κ3) is 5.26. The van der Waals surface area contributed by atoms with Gasteiger partial charge in [0.25, 0.3) is 0 Å². The summed E-state index contributed by atoms with van der Waals surface area (Å²) in [6, 6.07) is 2.01. The van der Waals surface area contributed by atoms with Crippen molar-refractivity contribution in [3.63, 3.8) is 0 Å². The quantitative estimate of drug-likeness (QED) is 0.777. The molecular formula is C14H20N2O4S. The van der Waals surface area contributed by atoms with Crippen molar-refractivity contribution in [3.05, 3.63) is 33.7 Å². The van der Waals surface area contributed by atoms with E-state index in [1.54, 1.807) is 18.4 Å². The molecule has 1 heterocycles. The van der Waals surface area contributed by atoms with Gasteiger partial charge in [0.05, 0.1) is 0 Å². The Bertz CT molecular complexity index is 557. The topological polar surface area (TPSA) is 88.4 Å². The van der Waals surface area contributed by atoms with Gasteiger partial charge in [0.1, 0.15) is 12.6 Å². The molecule has 21 heavy (non-hydrogen) atoms. The largest absolute Gasteiger partial charge is 0.480 e. The van der Waals surface area contributed by atoms with E-state index in [2.05, 4.69) is 5.32 Å². The number of pyridine rings is 1. The van der Waals surface area contributed by atoms with Gasteiger partial charge in [0.15, 0.2) is 5.43 Å². The molecule has 116 valence electrons. The van der Waals surface area contributed by atoms with Gasteiger partial charge in [-0.25, -0.2) is 4.79 Å². The molecule has 0 aliphatic carbocycles. The van der Waals surface area contributed by atoms with E-state index in [9.17, 15) is 14.4 Å². The molecule has 0 aliphatic heterocycles. The first-order valence-electron chi connectivity index (χ1n) is 6.54. The number of rotatable bonds is 7. The van der Waals surface area contributed by atoms with Crippen molar-refractivity contribution in [1.29, 1.82) is 0 Å². The lowest BCUT2D eigenvalue weighted by molar-refractivity contribution is -0.141. The van der Waals surface area contributed by atoms with Gasteiger partial charge in [-0.1, -0.05) is 0 Å². The second-order valence-electron chi connectivity index (χ2n) is 4.80. The fourth-order valence-corrected chi connectivity index (χ4v) is 2.48. The SMILES string of the molecule is CSCCC(NC(=O)Cn1c(C)cc(=O)cc1C)C(=O)O. The van der Waals surface area contributed by atoms with Crippen LogP contribution in [-0.2, 0) is 16.1 Å². The smallest absolute Gasteiger partial charge is 0.326 e. The number of nitrogens with one attached hydrogen (secondary N) is 1. The molecule has 1 aromatic rings. The maximum absolute atomic E-state index is 12.0. The van der Waals surface area contributed by atoms with Gasteiger partial charge in [-0.05, 0) is 32.3 Å². The van der Waals surface area contributed by atoms with Gasteiger partial charge in [0, 0.05) is 23.5 Å². The number of carboxylic acids is 1. The summed E-state index contributed by atoms with van der Waals surface area (Å²) in [5.41, 5.74) is 1.24.